The molecule has 0 unspecified atom stereocenters. The molecule has 78 valence electrons. The number of hydrogen-bond donors (Lipinski definition) is 0. The lowest BCUT2D eigenvalue weighted by molar-refractivity contribution is 0.715. The number of aryl methyl sites for hydroxylation is 1. The summed E-state index contributed by atoms with van der Waals surface area (Å²) in [5.74, 6) is 0.783. The first-order chi connectivity index (χ1) is 7.84. The fraction of sp³-hybridized carbons (Fsp3) is 0.0833. The fourth-order valence-electron chi connectivity index (χ4n) is 1.80. The minimum Gasteiger partial charge on any atom is -0.229 e. The van der Waals surface area contributed by atoms with Crippen LogP contribution in [0.15, 0.2) is 42.5 Å². The summed E-state index contributed by atoms with van der Waals surface area (Å²) in [5, 5.41) is 13.9. The van der Waals surface area contributed by atoms with Crippen LogP contribution in [-0.4, -0.2) is 20.2 Å². The Hall–Kier alpha value is -2.23. The van der Waals surface area contributed by atoms with Crippen LogP contribution in [0.25, 0.3) is 22.2 Å². The third-order valence-corrected chi connectivity index (χ3v) is 2.63. The molecule has 1 heterocycles. The average Bonchev–Trinajstić information content (AvgIpc) is 2.75. The van der Waals surface area contributed by atoms with Gasteiger partial charge in [0.15, 0.2) is 5.82 Å². The summed E-state index contributed by atoms with van der Waals surface area (Å²) in [6, 6.07) is 14.5. The molecule has 0 bridgehead atoms. The van der Waals surface area contributed by atoms with E-state index < -0.39 is 0 Å². The van der Waals surface area contributed by atoms with Crippen LogP contribution in [0, 0.1) is 0 Å². The van der Waals surface area contributed by atoms with Crippen LogP contribution in [0.1, 0.15) is 0 Å². The Morgan fingerprint density at radius 3 is 2.56 bits per heavy atom. The Kier molecular flexibility index (Phi) is 1.93. The van der Waals surface area contributed by atoms with Crippen LogP contribution in [0.3, 0.4) is 0 Å². The lowest BCUT2D eigenvalue weighted by Crippen LogP contribution is -1.94. The van der Waals surface area contributed by atoms with Crippen molar-refractivity contribution in [1.82, 2.24) is 20.2 Å². The van der Waals surface area contributed by atoms with E-state index in [0.29, 0.717) is 0 Å². The first-order valence-corrected chi connectivity index (χ1v) is 5.06. The summed E-state index contributed by atoms with van der Waals surface area (Å²) >= 11 is 0. The van der Waals surface area contributed by atoms with Gasteiger partial charge in [-0.1, -0.05) is 36.4 Å². The van der Waals surface area contributed by atoms with Crippen LogP contribution in [0.4, 0.5) is 0 Å². The predicted octanol–water partition coefficient (Wildman–Crippen LogP) is 2.03. The zero-order valence-corrected chi connectivity index (χ0v) is 8.83. The largest absolute Gasteiger partial charge is 0.229 e. The quantitative estimate of drug-likeness (QED) is 0.617. The van der Waals surface area contributed by atoms with E-state index in [1.807, 2.05) is 25.2 Å². The van der Waals surface area contributed by atoms with Gasteiger partial charge < -0.3 is 0 Å². The third-order valence-electron chi connectivity index (χ3n) is 2.63. The fourth-order valence-corrected chi connectivity index (χ4v) is 1.80. The summed E-state index contributed by atoms with van der Waals surface area (Å²) in [4.78, 5) is 0. The lowest BCUT2D eigenvalue weighted by Gasteiger charge is -2.01. The Morgan fingerprint density at radius 1 is 1.00 bits per heavy atom. The zero-order valence-electron chi connectivity index (χ0n) is 8.83. The molecular weight excluding hydrogens is 200 g/mol. The Labute approximate surface area is 92.5 Å². The molecule has 3 aromatic rings. The number of tetrazole rings is 1. The maximum atomic E-state index is 3.99. The SMILES string of the molecule is Cn1nnnc1-c1ccc2ccccc2c1. The van der Waals surface area contributed by atoms with Crippen molar-refractivity contribution < 1.29 is 0 Å². The summed E-state index contributed by atoms with van der Waals surface area (Å²) in [6.07, 6.45) is 0. The highest BCUT2D eigenvalue weighted by Gasteiger charge is 2.05. The number of benzene rings is 2. The Balaban J connectivity index is 2.23. The van der Waals surface area contributed by atoms with E-state index in [4.69, 9.17) is 0 Å². The van der Waals surface area contributed by atoms with Crippen molar-refractivity contribution in [2.75, 3.05) is 0 Å². The normalized spacial score (nSPS) is 10.8. The van der Waals surface area contributed by atoms with E-state index in [0.717, 1.165) is 11.4 Å². The van der Waals surface area contributed by atoms with Crippen molar-refractivity contribution in [2.45, 2.75) is 0 Å². The zero-order chi connectivity index (χ0) is 11.0. The summed E-state index contributed by atoms with van der Waals surface area (Å²) < 4.78 is 1.67. The Bertz CT molecular complexity index is 642. The van der Waals surface area contributed by atoms with Crippen molar-refractivity contribution in [2.24, 2.45) is 7.05 Å². The maximum Gasteiger partial charge on any atom is 0.181 e. The van der Waals surface area contributed by atoms with Crippen LogP contribution in [0.5, 0.6) is 0 Å². The highest BCUT2D eigenvalue weighted by atomic mass is 15.5. The van der Waals surface area contributed by atoms with Crippen LogP contribution in [0.2, 0.25) is 0 Å². The van der Waals surface area contributed by atoms with Gasteiger partial charge in [-0.25, -0.2) is 4.68 Å². The van der Waals surface area contributed by atoms with Gasteiger partial charge in [-0.3, -0.25) is 0 Å². The molecule has 16 heavy (non-hydrogen) atoms. The van der Waals surface area contributed by atoms with Gasteiger partial charge in [0.25, 0.3) is 0 Å². The minimum absolute atomic E-state index is 0.783. The van der Waals surface area contributed by atoms with Gasteiger partial charge in [0.05, 0.1) is 0 Å². The smallest absolute Gasteiger partial charge is 0.181 e. The second-order valence-electron chi connectivity index (χ2n) is 3.69. The molecule has 0 aliphatic heterocycles. The van der Waals surface area contributed by atoms with Gasteiger partial charge in [-0.2, -0.15) is 0 Å². The number of fused-ring (bicyclic) bond motifs is 1. The molecule has 0 amide bonds. The van der Waals surface area contributed by atoms with Crippen molar-refractivity contribution in [3.63, 3.8) is 0 Å². The molecule has 4 nitrogen and oxygen atoms in total. The number of aromatic nitrogens is 4. The van der Waals surface area contributed by atoms with Gasteiger partial charge >= 0.3 is 0 Å². The van der Waals surface area contributed by atoms with Crippen molar-refractivity contribution in [3.05, 3.63) is 42.5 Å². The molecule has 0 saturated heterocycles. The van der Waals surface area contributed by atoms with Crippen molar-refractivity contribution in [3.8, 4) is 11.4 Å². The predicted molar refractivity (Wildman–Crippen MR) is 61.7 cm³/mol. The highest BCUT2D eigenvalue weighted by molar-refractivity contribution is 5.86. The third kappa shape index (κ3) is 1.35. The topological polar surface area (TPSA) is 43.6 Å². The summed E-state index contributed by atoms with van der Waals surface area (Å²) in [6.45, 7) is 0. The van der Waals surface area contributed by atoms with E-state index in [-0.39, 0.29) is 0 Å². The molecule has 0 radical (unpaired) electrons. The van der Waals surface area contributed by atoms with Crippen LogP contribution < -0.4 is 0 Å². The molecule has 1 aromatic heterocycles. The molecule has 3 rings (SSSR count). The van der Waals surface area contributed by atoms with Gasteiger partial charge in [-0.05, 0) is 27.3 Å². The van der Waals surface area contributed by atoms with E-state index >= 15 is 0 Å². The molecule has 4 heteroatoms. The van der Waals surface area contributed by atoms with Gasteiger partial charge in [0.1, 0.15) is 0 Å². The standard InChI is InChI=1S/C12H10N4/c1-16-12(13-14-15-16)11-7-6-9-4-2-3-5-10(9)8-11/h2-8H,1H3. The summed E-state index contributed by atoms with van der Waals surface area (Å²) in [5.41, 5.74) is 1.03. The van der Waals surface area contributed by atoms with Gasteiger partial charge in [-0.15, -0.1) is 5.10 Å². The first kappa shape index (κ1) is 9.03. The molecule has 0 aliphatic rings. The molecule has 0 aliphatic carbocycles. The summed E-state index contributed by atoms with van der Waals surface area (Å²) in [7, 11) is 1.84. The molecule has 0 saturated carbocycles. The average molecular weight is 210 g/mol. The van der Waals surface area contributed by atoms with Crippen LogP contribution >= 0.6 is 0 Å². The van der Waals surface area contributed by atoms with E-state index in [9.17, 15) is 0 Å². The monoisotopic (exact) mass is 210 g/mol. The van der Waals surface area contributed by atoms with E-state index in [1.54, 1.807) is 4.68 Å². The van der Waals surface area contributed by atoms with E-state index in [2.05, 4.69) is 39.8 Å². The number of nitrogens with zero attached hydrogens (tertiary/aromatic N) is 4. The second-order valence-corrected chi connectivity index (χ2v) is 3.69. The van der Waals surface area contributed by atoms with Gasteiger partial charge in [0.2, 0.25) is 0 Å². The van der Waals surface area contributed by atoms with Crippen molar-refractivity contribution >= 4 is 10.8 Å². The molecule has 0 fully saturated rings. The number of rotatable bonds is 1. The van der Waals surface area contributed by atoms with E-state index in [1.165, 1.54) is 10.8 Å². The number of hydrogen-bond acceptors (Lipinski definition) is 3. The lowest BCUT2D eigenvalue weighted by atomic mass is 10.1. The molecule has 0 spiro atoms. The molecule has 2 aromatic carbocycles. The Morgan fingerprint density at radius 2 is 1.81 bits per heavy atom. The first-order valence-electron chi connectivity index (χ1n) is 5.06. The molecule has 0 atom stereocenters. The maximum absolute atomic E-state index is 3.99. The second kappa shape index (κ2) is 3.41. The molecule has 0 N–H and O–H groups in total. The molecular formula is C12H10N4. The van der Waals surface area contributed by atoms with Crippen LogP contribution in [-0.2, 0) is 7.05 Å². The van der Waals surface area contributed by atoms with Gasteiger partial charge in [0, 0.05) is 12.6 Å². The minimum atomic E-state index is 0.783. The van der Waals surface area contributed by atoms with Crippen molar-refractivity contribution in [1.29, 1.82) is 0 Å². The highest BCUT2D eigenvalue weighted by Crippen LogP contribution is 2.21.